The second-order valence-electron chi connectivity index (χ2n) is 6.56. The highest BCUT2D eigenvalue weighted by atomic mass is 32.2. The quantitative estimate of drug-likeness (QED) is 0.787. The van der Waals surface area contributed by atoms with E-state index < -0.39 is 21.8 Å². The first kappa shape index (κ1) is 18.9. The van der Waals surface area contributed by atoms with Gasteiger partial charge in [0.2, 0.25) is 10.0 Å². The molecule has 1 heterocycles. The van der Waals surface area contributed by atoms with E-state index in [4.69, 9.17) is 0 Å². The van der Waals surface area contributed by atoms with Crippen LogP contribution in [0, 0.1) is 5.92 Å². The van der Waals surface area contributed by atoms with Crippen LogP contribution in [0.15, 0.2) is 59.5 Å². The summed E-state index contributed by atoms with van der Waals surface area (Å²) in [4.78, 5) is -0.297. The van der Waals surface area contributed by atoms with Crippen LogP contribution >= 0.6 is 0 Å². The average molecular weight is 383 g/mol. The Hall–Kier alpha value is -1.86. The lowest BCUT2D eigenvalue weighted by Crippen LogP contribution is -2.38. The number of piperidine rings is 1. The number of benzene rings is 2. The van der Waals surface area contributed by atoms with E-state index in [0.717, 1.165) is 18.6 Å². The molecule has 1 aliphatic rings. The summed E-state index contributed by atoms with van der Waals surface area (Å²) in [5.74, 6) is 0.380. The minimum atomic E-state index is -4.56. The van der Waals surface area contributed by atoms with Crippen LogP contribution in [-0.2, 0) is 22.6 Å². The molecule has 140 valence electrons. The number of hydrogen-bond acceptors (Lipinski definition) is 2. The number of halogens is 3. The molecular formula is C19H20F3NO2S. The third-order valence-corrected chi connectivity index (χ3v) is 6.63. The van der Waals surface area contributed by atoms with Crippen LogP contribution in [0.1, 0.15) is 24.0 Å². The highest BCUT2D eigenvalue weighted by Gasteiger charge is 2.34. The van der Waals surface area contributed by atoms with E-state index in [9.17, 15) is 21.6 Å². The van der Waals surface area contributed by atoms with Crippen molar-refractivity contribution >= 4 is 10.0 Å². The molecule has 0 saturated carbocycles. The van der Waals surface area contributed by atoms with Gasteiger partial charge >= 0.3 is 6.18 Å². The molecule has 0 aromatic heterocycles. The van der Waals surface area contributed by atoms with Crippen LogP contribution in [-0.4, -0.2) is 25.8 Å². The Morgan fingerprint density at radius 2 is 1.62 bits per heavy atom. The maximum absolute atomic E-state index is 12.8. The van der Waals surface area contributed by atoms with Gasteiger partial charge in [0.15, 0.2) is 0 Å². The second-order valence-corrected chi connectivity index (χ2v) is 8.50. The number of alkyl halides is 3. The first-order valence-corrected chi connectivity index (χ1v) is 9.92. The van der Waals surface area contributed by atoms with Gasteiger partial charge in [-0.05, 0) is 48.9 Å². The van der Waals surface area contributed by atoms with Crippen LogP contribution in [0.25, 0.3) is 0 Å². The highest BCUT2D eigenvalue weighted by Crippen LogP contribution is 2.32. The topological polar surface area (TPSA) is 37.4 Å². The molecular weight excluding hydrogens is 363 g/mol. The first-order chi connectivity index (χ1) is 12.3. The van der Waals surface area contributed by atoms with Crippen LogP contribution in [0.5, 0.6) is 0 Å². The Morgan fingerprint density at radius 3 is 2.23 bits per heavy atom. The van der Waals surface area contributed by atoms with Gasteiger partial charge in [0.1, 0.15) is 0 Å². The molecule has 0 atom stereocenters. The van der Waals surface area contributed by atoms with E-state index in [1.807, 2.05) is 30.3 Å². The molecule has 0 amide bonds. The third-order valence-electron chi connectivity index (χ3n) is 4.74. The molecule has 3 rings (SSSR count). The van der Waals surface area contributed by atoms with Crippen molar-refractivity contribution in [2.75, 3.05) is 13.1 Å². The molecule has 0 bridgehead atoms. The van der Waals surface area contributed by atoms with Gasteiger partial charge in [0, 0.05) is 13.1 Å². The molecule has 0 unspecified atom stereocenters. The van der Waals surface area contributed by atoms with E-state index in [-0.39, 0.29) is 4.90 Å². The lowest BCUT2D eigenvalue weighted by molar-refractivity contribution is -0.137. The van der Waals surface area contributed by atoms with Crippen LogP contribution in [0.3, 0.4) is 0 Å². The van der Waals surface area contributed by atoms with Crippen LogP contribution in [0.4, 0.5) is 13.2 Å². The summed E-state index contributed by atoms with van der Waals surface area (Å²) in [5, 5.41) is 0. The Labute approximate surface area is 151 Å². The molecule has 2 aromatic rings. The second kappa shape index (κ2) is 7.40. The SMILES string of the molecule is O=S(=O)(c1cccc(C(F)(F)F)c1)N1CCC(Cc2ccccc2)CC1. The van der Waals surface area contributed by atoms with Crippen LogP contribution < -0.4 is 0 Å². The van der Waals surface area contributed by atoms with Gasteiger partial charge in [-0.2, -0.15) is 17.5 Å². The van der Waals surface area contributed by atoms with Crippen molar-refractivity contribution in [1.82, 2.24) is 4.31 Å². The largest absolute Gasteiger partial charge is 0.416 e. The van der Waals surface area contributed by atoms with E-state index >= 15 is 0 Å². The smallest absolute Gasteiger partial charge is 0.207 e. The summed E-state index contributed by atoms with van der Waals surface area (Å²) >= 11 is 0. The van der Waals surface area contributed by atoms with Crippen LogP contribution in [0.2, 0.25) is 0 Å². The van der Waals surface area contributed by atoms with Gasteiger partial charge in [0.05, 0.1) is 10.5 Å². The number of hydrogen-bond donors (Lipinski definition) is 0. The predicted molar refractivity (Wildman–Crippen MR) is 93.1 cm³/mol. The van der Waals surface area contributed by atoms with Gasteiger partial charge in [-0.3, -0.25) is 0 Å². The predicted octanol–water partition coefficient (Wildman–Crippen LogP) is 4.35. The van der Waals surface area contributed by atoms with Crippen molar-refractivity contribution < 1.29 is 21.6 Å². The molecule has 7 heteroatoms. The fourth-order valence-electron chi connectivity index (χ4n) is 3.28. The van der Waals surface area contributed by atoms with Crippen molar-refractivity contribution in [3.63, 3.8) is 0 Å². The molecule has 0 spiro atoms. The van der Waals surface area contributed by atoms with Crippen molar-refractivity contribution in [2.45, 2.75) is 30.3 Å². The highest BCUT2D eigenvalue weighted by molar-refractivity contribution is 7.89. The summed E-state index contributed by atoms with van der Waals surface area (Å²) in [6.07, 6.45) is -2.27. The monoisotopic (exact) mass is 383 g/mol. The van der Waals surface area contributed by atoms with E-state index in [1.165, 1.54) is 15.9 Å². The first-order valence-electron chi connectivity index (χ1n) is 8.48. The molecule has 0 aliphatic carbocycles. The standard InChI is InChI=1S/C19H20F3NO2S/c20-19(21,22)17-7-4-8-18(14-17)26(24,25)23-11-9-16(10-12-23)13-15-5-2-1-3-6-15/h1-8,14,16H,9-13H2. The van der Waals surface area contributed by atoms with E-state index in [0.29, 0.717) is 37.9 Å². The fourth-order valence-corrected chi connectivity index (χ4v) is 4.80. The lowest BCUT2D eigenvalue weighted by Gasteiger charge is -2.31. The average Bonchev–Trinajstić information content (AvgIpc) is 2.62. The number of rotatable bonds is 4. The van der Waals surface area contributed by atoms with Gasteiger partial charge in [-0.15, -0.1) is 0 Å². The number of sulfonamides is 1. The van der Waals surface area contributed by atoms with Gasteiger partial charge in [-0.25, -0.2) is 8.42 Å². The molecule has 1 aliphatic heterocycles. The molecule has 26 heavy (non-hydrogen) atoms. The Morgan fingerprint density at radius 1 is 0.962 bits per heavy atom. The maximum Gasteiger partial charge on any atom is 0.416 e. The summed E-state index contributed by atoms with van der Waals surface area (Å²) in [6.45, 7) is 0.659. The van der Waals surface area contributed by atoms with Crippen molar-refractivity contribution in [2.24, 2.45) is 5.92 Å². The minimum absolute atomic E-state index is 0.297. The minimum Gasteiger partial charge on any atom is -0.207 e. The van der Waals surface area contributed by atoms with Gasteiger partial charge < -0.3 is 0 Å². The lowest BCUT2D eigenvalue weighted by atomic mass is 9.91. The van der Waals surface area contributed by atoms with Gasteiger partial charge in [-0.1, -0.05) is 36.4 Å². The summed E-state index contributed by atoms with van der Waals surface area (Å²) in [7, 11) is -3.91. The van der Waals surface area contributed by atoms with Crippen molar-refractivity contribution in [1.29, 1.82) is 0 Å². The summed E-state index contributed by atoms with van der Waals surface area (Å²) in [6, 6.07) is 13.9. The summed E-state index contributed by atoms with van der Waals surface area (Å²) < 4.78 is 65.2. The van der Waals surface area contributed by atoms with Crippen molar-refractivity contribution in [3.05, 3.63) is 65.7 Å². The molecule has 0 radical (unpaired) electrons. The van der Waals surface area contributed by atoms with E-state index in [1.54, 1.807) is 0 Å². The zero-order chi connectivity index (χ0) is 18.8. The molecule has 0 N–H and O–H groups in total. The normalized spacial score (nSPS) is 17.3. The molecule has 1 saturated heterocycles. The Bertz CT molecular complexity index is 843. The van der Waals surface area contributed by atoms with Gasteiger partial charge in [0.25, 0.3) is 0 Å². The zero-order valence-corrected chi connectivity index (χ0v) is 14.9. The molecule has 1 fully saturated rings. The third kappa shape index (κ3) is 4.27. The Kier molecular flexibility index (Phi) is 5.39. The molecule has 2 aromatic carbocycles. The zero-order valence-electron chi connectivity index (χ0n) is 14.1. The van der Waals surface area contributed by atoms with E-state index in [2.05, 4.69) is 0 Å². The summed E-state index contributed by atoms with van der Waals surface area (Å²) in [5.41, 5.74) is 0.268. The Balaban J connectivity index is 1.68. The maximum atomic E-state index is 12.8. The number of nitrogens with zero attached hydrogens (tertiary/aromatic N) is 1. The fraction of sp³-hybridized carbons (Fsp3) is 0.368. The molecule has 3 nitrogen and oxygen atoms in total. The van der Waals surface area contributed by atoms with Crippen molar-refractivity contribution in [3.8, 4) is 0 Å².